The lowest BCUT2D eigenvalue weighted by Gasteiger charge is -2.45. The topological polar surface area (TPSA) is 175 Å². The van der Waals surface area contributed by atoms with Gasteiger partial charge in [0.15, 0.2) is 0 Å². The first-order valence-electron chi connectivity index (χ1n) is 19.8. The van der Waals surface area contributed by atoms with E-state index in [9.17, 15) is 24.6 Å². The van der Waals surface area contributed by atoms with E-state index in [0.29, 0.717) is 66.0 Å². The Morgan fingerprint density at radius 3 is 2.48 bits per heavy atom. The Morgan fingerprint density at radius 1 is 0.948 bits per heavy atom. The molecule has 0 aliphatic carbocycles. The molecule has 8 rings (SSSR count). The number of rotatable bonds is 14. The van der Waals surface area contributed by atoms with Gasteiger partial charge in [-0.25, -0.2) is 4.79 Å². The molecule has 0 spiro atoms. The third kappa shape index (κ3) is 8.16. The van der Waals surface area contributed by atoms with Gasteiger partial charge in [-0.15, -0.1) is 0 Å². The second-order valence-electron chi connectivity index (χ2n) is 16.1. The fourth-order valence-corrected chi connectivity index (χ4v) is 8.96. The maximum absolute atomic E-state index is 13.3. The number of epoxide rings is 1. The molecule has 58 heavy (non-hydrogen) atoms. The number of aliphatic hydroxyl groups excluding tert-OH is 1. The second-order valence-corrected chi connectivity index (χ2v) is 16.1. The summed E-state index contributed by atoms with van der Waals surface area (Å²) in [5.74, 6) is 0.378. The molecule has 3 fully saturated rings. The SMILES string of the molecule is COc1cc(NC(=O)CCCc2ccc(-c3ccccc3)c(NC(=O)OC3C[C@@H]4[C@H]5O[C@H]5[C@H](C3)[N+]4(C)C)c2)ccc1CNC[C@H](O)c1ccc(O)c2[nH]c(=O)ccc12. The zero-order valence-electron chi connectivity index (χ0n) is 32.9. The van der Waals surface area contributed by atoms with E-state index >= 15 is 0 Å². The van der Waals surface area contributed by atoms with E-state index in [4.69, 9.17) is 14.2 Å². The fraction of sp³-hybridized carbons (Fsp3) is 0.356. The van der Waals surface area contributed by atoms with Gasteiger partial charge in [-0.05, 0) is 53.8 Å². The van der Waals surface area contributed by atoms with Crippen molar-refractivity contribution in [2.24, 2.45) is 0 Å². The number of aromatic hydroxyl groups is 1. The van der Waals surface area contributed by atoms with E-state index in [1.165, 1.54) is 12.1 Å². The standard InChI is InChI=1S/C45H49N5O8/c1-50(2)35-22-30(23-36(50)44-43(35)58-44)57-45(55)48-34-20-26(12-15-31(34)27-9-5-4-6-10-27)8-7-11-40(53)47-29-14-13-28(39(21-29)56-3)24-46-25-38(52)32-16-18-37(51)42-33(32)17-19-41(54)49-42/h4-6,9-10,12-21,30,35-36,38,43-44,46,52H,7-8,11,22-25H2,1-3H3,(H3-,47,48,49,51,53,54,55)/p+1/t30?,35-,36+,38-,43-,44+/m0/s1. The third-order valence-electron chi connectivity index (χ3n) is 12.1. The maximum atomic E-state index is 13.3. The molecule has 1 unspecified atom stereocenters. The summed E-state index contributed by atoms with van der Waals surface area (Å²) in [5, 5.41) is 30.9. The third-order valence-corrected chi connectivity index (χ3v) is 12.1. The Morgan fingerprint density at radius 2 is 1.72 bits per heavy atom. The molecule has 2 bridgehead atoms. The normalized spacial score (nSPS) is 21.8. The number of phenols is 1. The van der Waals surface area contributed by atoms with Crippen molar-refractivity contribution >= 4 is 34.3 Å². The smallest absolute Gasteiger partial charge is 0.411 e. The van der Waals surface area contributed by atoms with Crippen LogP contribution >= 0.6 is 0 Å². The second kappa shape index (κ2) is 16.3. The summed E-state index contributed by atoms with van der Waals surface area (Å²) in [6.45, 7) is 0.585. The Kier molecular flexibility index (Phi) is 11.0. The Labute approximate surface area is 336 Å². The Hall–Kier alpha value is -5.73. The number of pyridine rings is 1. The lowest BCUT2D eigenvalue weighted by atomic mass is 9.96. The number of nitrogens with zero attached hydrogens (tertiary/aromatic N) is 1. The highest BCUT2D eigenvalue weighted by molar-refractivity contribution is 5.92. The summed E-state index contributed by atoms with van der Waals surface area (Å²) in [5.41, 5.74) is 5.47. The number of aromatic amines is 1. The van der Waals surface area contributed by atoms with Crippen LogP contribution < -0.4 is 26.2 Å². The summed E-state index contributed by atoms with van der Waals surface area (Å²) >= 11 is 0. The van der Waals surface area contributed by atoms with Crippen LogP contribution in [0.2, 0.25) is 0 Å². The van der Waals surface area contributed by atoms with Gasteiger partial charge in [0, 0.05) is 66.7 Å². The van der Waals surface area contributed by atoms with Gasteiger partial charge in [0.05, 0.1) is 38.5 Å². The van der Waals surface area contributed by atoms with Gasteiger partial charge in [-0.3, -0.25) is 14.9 Å². The number of quaternary nitrogens is 1. The Bertz CT molecular complexity index is 2360. The van der Waals surface area contributed by atoms with Crippen LogP contribution in [0.1, 0.15) is 48.5 Å². The minimum atomic E-state index is -0.907. The maximum Gasteiger partial charge on any atom is 0.411 e. The van der Waals surface area contributed by atoms with E-state index in [1.807, 2.05) is 60.7 Å². The molecule has 3 aliphatic heterocycles. The van der Waals surface area contributed by atoms with E-state index in [1.54, 1.807) is 25.3 Å². The number of aromatic nitrogens is 1. The number of aryl methyl sites for hydroxylation is 1. The van der Waals surface area contributed by atoms with Crippen molar-refractivity contribution in [3.05, 3.63) is 118 Å². The number of aliphatic hydroxyl groups is 1. The first kappa shape index (κ1) is 39.1. The number of likely N-dealkylation sites (N-methyl/N-ethyl adjacent to an activating group) is 1. The highest BCUT2D eigenvalue weighted by Gasteiger charge is 2.70. The predicted octanol–water partition coefficient (Wildman–Crippen LogP) is 6.00. The molecule has 13 nitrogen and oxygen atoms in total. The zero-order valence-corrected chi connectivity index (χ0v) is 32.9. The van der Waals surface area contributed by atoms with Gasteiger partial charge in [-0.1, -0.05) is 54.6 Å². The van der Waals surface area contributed by atoms with Crippen molar-refractivity contribution in [2.45, 2.75) is 75.1 Å². The molecular formula is C45H50N5O8+. The molecule has 3 saturated heterocycles. The van der Waals surface area contributed by atoms with E-state index in [2.05, 4.69) is 35.0 Å². The average Bonchev–Trinajstić information content (AvgIpc) is 3.98. The number of methoxy groups -OCH3 is 1. The highest BCUT2D eigenvalue weighted by Crippen LogP contribution is 2.51. The first-order valence-corrected chi connectivity index (χ1v) is 19.8. The lowest BCUT2D eigenvalue weighted by Crippen LogP contribution is -2.60. The van der Waals surface area contributed by atoms with Crippen LogP contribution in [0.4, 0.5) is 16.2 Å². The monoisotopic (exact) mass is 788 g/mol. The molecule has 6 N–H and O–H groups in total. The number of carbonyl (C=O) groups is 2. The van der Waals surface area contributed by atoms with Gasteiger partial charge >= 0.3 is 6.09 Å². The summed E-state index contributed by atoms with van der Waals surface area (Å²) < 4.78 is 18.5. The zero-order chi connectivity index (χ0) is 40.6. The number of hydrogen-bond acceptors (Lipinski definition) is 9. The molecule has 4 heterocycles. The summed E-state index contributed by atoms with van der Waals surface area (Å²) in [4.78, 5) is 40.8. The number of amides is 2. The van der Waals surface area contributed by atoms with Crippen molar-refractivity contribution in [3.8, 4) is 22.6 Å². The minimum Gasteiger partial charge on any atom is -0.506 e. The number of fused-ring (bicyclic) bond motifs is 6. The predicted molar refractivity (Wildman–Crippen MR) is 221 cm³/mol. The Balaban J connectivity index is 0.841. The number of phenolic OH excluding ortho intramolecular Hbond substituents is 1. The molecule has 0 saturated carbocycles. The molecule has 1 aromatic heterocycles. The number of carbonyl (C=O) groups excluding carboxylic acids is 2. The molecule has 4 aromatic carbocycles. The van der Waals surface area contributed by atoms with Crippen LogP contribution in [0.25, 0.3) is 22.0 Å². The van der Waals surface area contributed by atoms with Crippen molar-refractivity contribution in [3.63, 3.8) is 0 Å². The average molecular weight is 789 g/mol. The molecule has 5 aromatic rings. The van der Waals surface area contributed by atoms with E-state index in [-0.39, 0.29) is 47.6 Å². The molecule has 6 atom stereocenters. The minimum absolute atomic E-state index is 0.0679. The number of anilines is 2. The molecule has 2 amide bonds. The van der Waals surface area contributed by atoms with Gasteiger partial charge in [0.2, 0.25) is 11.5 Å². The van der Waals surface area contributed by atoms with Gasteiger partial charge in [0.1, 0.15) is 41.9 Å². The lowest BCUT2D eigenvalue weighted by molar-refractivity contribution is -0.938. The van der Waals surface area contributed by atoms with Crippen LogP contribution in [0.5, 0.6) is 11.5 Å². The first-order chi connectivity index (χ1) is 28.0. The van der Waals surface area contributed by atoms with Crippen molar-refractivity contribution in [2.75, 3.05) is 38.4 Å². The van der Waals surface area contributed by atoms with Gasteiger partial charge in [0.25, 0.3) is 0 Å². The molecular weight excluding hydrogens is 739 g/mol. The molecule has 302 valence electrons. The number of hydrogen-bond donors (Lipinski definition) is 6. The van der Waals surface area contributed by atoms with E-state index in [0.717, 1.165) is 39.6 Å². The van der Waals surface area contributed by atoms with Crippen LogP contribution in [-0.2, 0) is 27.2 Å². The van der Waals surface area contributed by atoms with Crippen LogP contribution in [0.3, 0.4) is 0 Å². The number of morpholine rings is 1. The molecule has 13 heteroatoms. The summed E-state index contributed by atoms with van der Waals surface area (Å²) in [6.07, 6.45) is 2.13. The summed E-state index contributed by atoms with van der Waals surface area (Å²) in [6, 6.07) is 28.1. The molecule has 0 radical (unpaired) electrons. The number of piperidine rings is 1. The molecule has 3 aliphatic rings. The summed E-state index contributed by atoms with van der Waals surface area (Å²) in [7, 11) is 6.07. The number of benzene rings is 4. The quantitative estimate of drug-likeness (QED) is 0.0583. The van der Waals surface area contributed by atoms with E-state index < -0.39 is 12.2 Å². The van der Waals surface area contributed by atoms with Crippen LogP contribution in [0, 0.1) is 0 Å². The highest BCUT2D eigenvalue weighted by atomic mass is 16.6. The number of ether oxygens (including phenoxy) is 3. The number of nitrogens with one attached hydrogen (secondary N) is 4. The van der Waals surface area contributed by atoms with Crippen LogP contribution in [-0.4, -0.2) is 89.8 Å². The van der Waals surface area contributed by atoms with Crippen molar-refractivity contribution in [1.82, 2.24) is 10.3 Å². The number of H-pyrrole nitrogens is 1. The van der Waals surface area contributed by atoms with Gasteiger partial charge in [-0.2, -0.15) is 0 Å². The largest absolute Gasteiger partial charge is 0.506 e. The van der Waals surface area contributed by atoms with Crippen LogP contribution in [0.15, 0.2) is 95.8 Å². The van der Waals surface area contributed by atoms with Gasteiger partial charge < -0.3 is 44.5 Å². The fourth-order valence-electron chi connectivity index (χ4n) is 8.96. The van der Waals surface area contributed by atoms with Crippen molar-refractivity contribution < 1.29 is 38.5 Å². The van der Waals surface area contributed by atoms with Crippen molar-refractivity contribution in [1.29, 1.82) is 0 Å².